The molecule has 106 valence electrons. The number of nitrogens with zero attached hydrogens (tertiary/aromatic N) is 1. The second kappa shape index (κ2) is 6.15. The highest BCUT2D eigenvalue weighted by Gasteiger charge is 2.26. The van der Waals surface area contributed by atoms with Crippen LogP contribution in [0.5, 0.6) is 5.75 Å². The first-order valence-electron chi connectivity index (χ1n) is 6.17. The van der Waals surface area contributed by atoms with E-state index in [0.29, 0.717) is 10.4 Å². The highest BCUT2D eigenvalue weighted by molar-refractivity contribution is 9.10. The van der Waals surface area contributed by atoms with Crippen LogP contribution in [0.3, 0.4) is 0 Å². The number of benzene rings is 1. The fourth-order valence-corrected chi connectivity index (χ4v) is 2.84. The first-order chi connectivity index (χ1) is 8.95. The molecule has 2 N–H and O–H groups in total. The smallest absolute Gasteiger partial charge is 0.387 e. The third kappa shape index (κ3) is 3.87. The second-order valence-electron chi connectivity index (χ2n) is 4.98. The summed E-state index contributed by atoms with van der Waals surface area (Å²) in [5.41, 5.74) is 7.03. The summed E-state index contributed by atoms with van der Waals surface area (Å²) in [7, 11) is 0. The first-order valence-corrected chi connectivity index (χ1v) is 6.96. The third-order valence-electron chi connectivity index (χ3n) is 3.36. The Labute approximate surface area is 119 Å². The van der Waals surface area contributed by atoms with Crippen molar-refractivity contribution in [1.82, 2.24) is 4.90 Å². The van der Waals surface area contributed by atoms with Gasteiger partial charge in [0.05, 0.1) is 4.47 Å². The van der Waals surface area contributed by atoms with E-state index in [0.717, 1.165) is 25.2 Å². The molecule has 0 bridgehead atoms. The van der Waals surface area contributed by atoms with Gasteiger partial charge in [0, 0.05) is 25.7 Å². The molecule has 1 aliphatic heterocycles. The molecule has 6 heteroatoms. The highest BCUT2D eigenvalue weighted by atomic mass is 79.9. The van der Waals surface area contributed by atoms with Crippen molar-refractivity contribution >= 4 is 15.9 Å². The van der Waals surface area contributed by atoms with Gasteiger partial charge in [0.25, 0.3) is 0 Å². The van der Waals surface area contributed by atoms with Crippen LogP contribution in [-0.2, 0) is 6.54 Å². The zero-order valence-electron chi connectivity index (χ0n) is 10.7. The standard InChI is InChI=1S/C13H17BrF2N2O/c1-8-5-18(7-11(8)17)6-9-2-3-12(10(14)4-9)19-13(15)16/h2-4,8,11,13H,5-7,17H2,1H3. The molecule has 0 amide bonds. The summed E-state index contributed by atoms with van der Waals surface area (Å²) in [6.45, 7) is 1.94. The van der Waals surface area contributed by atoms with E-state index in [1.54, 1.807) is 12.1 Å². The number of hydrogen-bond donors (Lipinski definition) is 1. The van der Waals surface area contributed by atoms with E-state index >= 15 is 0 Å². The molecule has 1 heterocycles. The normalized spacial score (nSPS) is 24.1. The molecule has 0 radical (unpaired) electrons. The van der Waals surface area contributed by atoms with Gasteiger partial charge in [-0.1, -0.05) is 13.0 Å². The van der Waals surface area contributed by atoms with E-state index in [2.05, 4.69) is 32.5 Å². The van der Waals surface area contributed by atoms with Crippen molar-refractivity contribution in [3.63, 3.8) is 0 Å². The van der Waals surface area contributed by atoms with E-state index in [1.807, 2.05) is 6.07 Å². The Morgan fingerprint density at radius 1 is 1.47 bits per heavy atom. The summed E-state index contributed by atoms with van der Waals surface area (Å²) >= 11 is 3.25. The lowest BCUT2D eigenvalue weighted by Gasteiger charge is -2.16. The van der Waals surface area contributed by atoms with Crippen LogP contribution in [0.1, 0.15) is 12.5 Å². The molecule has 2 unspecified atom stereocenters. The van der Waals surface area contributed by atoms with Crippen LogP contribution in [0.2, 0.25) is 0 Å². The lowest BCUT2D eigenvalue weighted by Crippen LogP contribution is -2.28. The quantitative estimate of drug-likeness (QED) is 0.920. The second-order valence-corrected chi connectivity index (χ2v) is 5.83. The molecule has 1 saturated heterocycles. The maximum Gasteiger partial charge on any atom is 0.387 e. The average molecular weight is 335 g/mol. The summed E-state index contributed by atoms with van der Waals surface area (Å²) in [4.78, 5) is 2.27. The fraction of sp³-hybridized carbons (Fsp3) is 0.538. The zero-order chi connectivity index (χ0) is 14.0. The molecule has 0 saturated carbocycles. The Kier molecular flexibility index (Phi) is 4.76. The molecule has 1 fully saturated rings. The molecule has 3 nitrogen and oxygen atoms in total. The van der Waals surface area contributed by atoms with Crippen LogP contribution >= 0.6 is 15.9 Å². The summed E-state index contributed by atoms with van der Waals surface area (Å²) in [6, 6.07) is 5.39. The van der Waals surface area contributed by atoms with Crippen molar-refractivity contribution in [3.05, 3.63) is 28.2 Å². The minimum atomic E-state index is -2.81. The van der Waals surface area contributed by atoms with Gasteiger partial charge < -0.3 is 10.5 Å². The van der Waals surface area contributed by atoms with Gasteiger partial charge >= 0.3 is 6.61 Å². The number of nitrogens with two attached hydrogens (primary N) is 1. The largest absolute Gasteiger partial charge is 0.434 e. The van der Waals surface area contributed by atoms with Crippen LogP contribution < -0.4 is 10.5 Å². The summed E-state index contributed by atoms with van der Waals surface area (Å²) < 4.78 is 29.2. The Bertz CT molecular complexity index is 435. The van der Waals surface area contributed by atoms with Gasteiger partial charge in [0.15, 0.2) is 0 Å². The third-order valence-corrected chi connectivity index (χ3v) is 3.98. The lowest BCUT2D eigenvalue weighted by molar-refractivity contribution is -0.0503. The molecule has 2 rings (SSSR count). The molecule has 0 aromatic heterocycles. The summed E-state index contributed by atoms with van der Waals surface area (Å²) in [5.74, 6) is 0.648. The molecule has 0 aliphatic carbocycles. The van der Waals surface area contributed by atoms with Crippen LogP contribution in [0.4, 0.5) is 8.78 Å². The van der Waals surface area contributed by atoms with E-state index in [1.165, 1.54) is 0 Å². The number of halogens is 3. The van der Waals surface area contributed by atoms with Crippen LogP contribution in [-0.4, -0.2) is 30.6 Å². The van der Waals surface area contributed by atoms with Crippen molar-refractivity contribution in [2.75, 3.05) is 13.1 Å². The predicted octanol–water partition coefficient (Wildman–Crippen LogP) is 2.83. The Balaban J connectivity index is 2.00. The molecule has 19 heavy (non-hydrogen) atoms. The van der Waals surface area contributed by atoms with Crippen molar-refractivity contribution in [3.8, 4) is 5.75 Å². The minimum Gasteiger partial charge on any atom is -0.434 e. The molecule has 1 aliphatic rings. The van der Waals surface area contributed by atoms with Crippen molar-refractivity contribution in [2.24, 2.45) is 11.7 Å². The Morgan fingerprint density at radius 2 is 2.21 bits per heavy atom. The zero-order valence-corrected chi connectivity index (χ0v) is 12.2. The molecular weight excluding hydrogens is 318 g/mol. The van der Waals surface area contributed by atoms with Gasteiger partial charge in [0.1, 0.15) is 5.75 Å². The molecule has 0 spiro atoms. The minimum absolute atomic E-state index is 0.158. The average Bonchev–Trinajstić information content (AvgIpc) is 2.61. The lowest BCUT2D eigenvalue weighted by atomic mass is 10.1. The monoisotopic (exact) mass is 334 g/mol. The Hall–Kier alpha value is -0.720. The first kappa shape index (κ1) is 14.7. The van der Waals surface area contributed by atoms with E-state index in [-0.39, 0.29) is 11.8 Å². The SMILES string of the molecule is CC1CN(Cc2ccc(OC(F)F)c(Br)c2)CC1N. The summed E-state index contributed by atoms with van der Waals surface area (Å²) in [6.07, 6.45) is 0. The molecular formula is C13H17BrF2N2O. The van der Waals surface area contributed by atoms with Crippen LogP contribution in [0.15, 0.2) is 22.7 Å². The van der Waals surface area contributed by atoms with Gasteiger partial charge in [0.2, 0.25) is 0 Å². The molecule has 1 aromatic carbocycles. The van der Waals surface area contributed by atoms with Gasteiger partial charge in [-0.15, -0.1) is 0 Å². The summed E-state index contributed by atoms with van der Waals surface area (Å²) in [5, 5.41) is 0. The topological polar surface area (TPSA) is 38.5 Å². The van der Waals surface area contributed by atoms with Crippen molar-refractivity contribution in [1.29, 1.82) is 0 Å². The Morgan fingerprint density at radius 3 is 2.74 bits per heavy atom. The van der Waals surface area contributed by atoms with Gasteiger partial charge in [-0.3, -0.25) is 4.90 Å². The maximum absolute atomic E-state index is 12.1. The number of ether oxygens (including phenoxy) is 1. The number of likely N-dealkylation sites (tertiary alicyclic amines) is 1. The number of alkyl halides is 2. The molecule has 1 aromatic rings. The van der Waals surface area contributed by atoms with Crippen LogP contribution in [0.25, 0.3) is 0 Å². The van der Waals surface area contributed by atoms with E-state index in [9.17, 15) is 8.78 Å². The number of rotatable bonds is 4. The highest BCUT2D eigenvalue weighted by Crippen LogP contribution is 2.28. The van der Waals surface area contributed by atoms with E-state index < -0.39 is 6.61 Å². The predicted molar refractivity (Wildman–Crippen MR) is 73.2 cm³/mol. The molecule has 2 atom stereocenters. The number of hydrogen-bond acceptors (Lipinski definition) is 3. The van der Waals surface area contributed by atoms with Gasteiger partial charge in [-0.25, -0.2) is 0 Å². The van der Waals surface area contributed by atoms with Gasteiger partial charge in [-0.05, 0) is 39.5 Å². The van der Waals surface area contributed by atoms with E-state index in [4.69, 9.17) is 5.73 Å². The maximum atomic E-state index is 12.1. The van der Waals surface area contributed by atoms with Crippen molar-refractivity contribution in [2.45, 2.75) is 26.1 Å². The van der Waals surface area contributed by atoms with Crippen LogP contribution in [0, 0.1) is 5.92 Å². The van der Waals surface area contributed by atoms with Gasteiger partial charge in [-0.2, -0.15) is 8.78 Å². The fourth-order valence-electron chi connectivity index (χ4n) is 2.32. The van der Waals surface area contributed by atoms with Crippen molar-refractivity contribution < 1.29 is 13.5 Å².